The molecule has 0 saturated carbocycles. The lowest BCUT2D eigenvalue weighted by Crippen LogP contribution is -2.15. The molecule has 146 valence electrons. The van der Waals surface area contributed by atoms with Crippen molar-refractivity contribution < 1.29 is 9.47 Å². The number of nitrogens with one attached hydrogen (secondary N) is 1. The van der Waals surface area contributed by atoms with E-state index in [1.807, 2.05) is 36.4 Å². The standard InChI is InChI=1S/C21H17ClN4O2S/c22-18-12-14-19(25-20(26-21(14)29-18)15-3-1-2-7-23-15)24-8-6-13-4-5-16-17(11-13)28-10-9-27-16/h1-5,7,11-12H,6,8-10H2,(H,24,25,26). The summed E-state index contributed by atoms with van der Waals surface area (Å²) < 4.78 is 11.9. The van der Waals surface area contributed by atoms with E-state index in [1.54, 1.807) is 6.20 Å². The van der Waals surface area contributed by atoms with E-state index in [0.29, 0.717) is 29.9 Å². The number of pyridine rings is 1. The summed E-state index contributed by atoms with van der Waals surface area (Å²) in [6.07, 6.45) is 2.55. The molecular weight excluding hydrogens is 408 g/mol. The van der Waals surface area contributed by atoms with E-state index in [4.69, 9.17) is 26.1 Å². The predicted octanol–water partition coefficient (Wildman–Crippen LogP) is 4.83. The Kier molecular flexibility index (Phi) is 4.91. The van der Waals surface area contributed by atoms with Crippen molar-refractivity contribution in [2.24, 2.45) is 0 Å². The van der Waals surface area contributed by atoms with Crippen molar-refractivity contribution >= 4 is 39.0 Å². The quantitative estimate of drug-likeness (QED) is 0.494. The minimum atomic E-state index is 0.582. The van der Waals surface area contributed by atoms with Gasteiger partial charge in [-0.3, -0.25) is 4.98 Å². The summed E-state index contributed by atoms with van der Waals surface area (Å²) in [5.74, 6) is 2.95. The molecule has 0 spiro atoms. The first-order valence-corrected chi connectivity index (χ1v) is 10.5. The highest BCUT2D eigenvalue weighted by Gasteiger charge is 2.14. The molecule has 0 amide bonds. The summed E-state index contributed by atoms with van der Waals surface area (Å²) in [4.78, 5) is 14.5. The van der Waals surface area contributed by atoms with Crippen LogP contribution in [-0.4, -0.2) is 34.7 Å². The molecule has 3 aromatic heterocycles. The highest BCUT2D eigenvalue weighted by atomic mass is 35.5. The maximum atomic E-state index is 6.23. The molecule has 1 aliphatic rings. The Balaban J connectivity index is 1.38. The highest BCUT2D eigenvalue weighted by Crippen LogP contribution is 2.34. The summed E-state index contributed by atoms with van der Waals surface area (Å²) >= 11 is 7.67. The first-order chi connectivity index (χ1) is 14.3. The Morgan fingerprint density at radius 2 is 1.93 bits per heavy atom. The third kappa shape index (κ3) is 3.83. The van der Waals surface area contributed by atoms with E-state index in [2.05, 4.69) is 21.4 Å². The van der Waals surface area contributed by atoms with Gasteiger partial charge in [-0.2, -0.15) is 0 Å². The van der Waals surface area contributed by atoms with E-state index < -0.39 is 0 Å². The van der Waals surface area contributed by atoms with Crippen molar-refractivity contribution in [2.75, 3.05) is 25.1 Å². The third-order valence-electron chi connectivity index (χ3n) is 4.57. The van der Waals surface area contributed by atoms with Crippen LogP contribution < -0.4 is 14.8 Å². The minimum Gasteiger partial charge on any atom is -0.486 e. The predicted molar refractivity (Wildman–Crippen MR) is 115 cm³/mol. The number of halogens is 1. The molecule has 1 aromatic carbocycles. The second kappa shape index (κ2) is 7.85. The third-order valence-corrected chi connectivity index (χ3v) is 5.73. The van der Waals surface area contributed by atoms with Gasteiger partial charge in [0.15, 0.2) is 17.3 Å². The van der Waals surface area contributed by atoms with Gasteiger partial charge >= 0.3 is 0 Å². The van der Waals surface area contributed by atoms with Crippen LogP contribution in [-0.2, 0) is 6.42 Å². The van der Waals surface area contributed by atoms with Gasteiger partial charge in [-0.15, -0.1) is 11.3 Å². The minimum absolute atomic E-state index is 0.582. The van der Waals surface area contributed by atoms with Gasteiger partial charge in [0.05, 0.1) is 9.72 Å². The summed E-state index contributed by atoms with van der Waals surface area (Å²) in [5.41, 5.74) is 1.90. The summed E-state index contributed by atoms with van der Waals surface area (Å²) in [6.45, 7) is 1.89. The lowest BCUT2D eigenvalue weighted by atomic mass is 10.1. The summed E-state index contributed by atoms with van der Waals surface area (Å²) in [6, 6.07) is 13.6. The zero-order chi connectivity index (χ0) is 19.6. The Morgan fingerprint density at radius 1 is 1.03 bits per heavy atom. The normalized spacial score (nSPS) is 12.9. The van der Waals surface area contributed by atoms with Gasteiger partial charge in [0, 0.05) is 12.7 Å². The first kappa shape index (κ1) is 18.1. The zero-order valence-corrected chi connectivity index (χ0v) is 17.0. The Labute approximate surface area is 176 Å². The molecule has 0 saturated heterocycles. The Morgan fingerprint density at radius 3 is 2.79 bits per heavy atom. The SMILES string of the molecule is Clc1cc2c(NCCc3ccc4c(c3)OCCO4)nc(-c3ccccn3)nc2s1. The second-order valence-corrected chi connectivity index (χ2v) is 8.20. The molecular formula is C21H17ClN4O2S. The maximum Gasteiger partial charge on any atom is 0.181 e. The zero-order valence-electron chi connectivity index (χ0n) is 15.4. The Hall–Kier alpha value is -2.90. The molecule has 4 heterocycles. The number of nitrogens with zero attached hydrogens (tertiary/aromatic N) is 3. The molecule has 0 radical (unpaired) electrons. The number of anilines is 1. The van der Waals surface area contributed by atoms with Gasteiger partial charge in [0.1, 0.15) is 29.6 Å². The Bertz CT molecular complexity index is 1170. The van der Waals surface area contributed by atoms with Crippen LogP contribution in [0.3, 0.4) is 0 Å². The highest BCUT2D eigenvalue weighted by molar-refractivity contribution is 7.22. The van der Waals surface area contributed by atoms with E-state index in [1.165, 1.54) is 16.9 Å². The van der Waals surface area contributed by atoms with Crippen molar-refractivity contribution in [2.45, 2.75) is 6.42 Å². The fourth-order valence-corrected chi connectivity index (χ4v) is 4.29. The van der Waals surface area contributed by atoms with Gasteiger partial charge in [-0.05, 0) is 42.3 Å². The van der Waals surface area contributed by atoms with E-state index in [0.717, 1.165) is 39.6 Å². The summed E-state index contributed by atoms with van der Waals surface area (Å²) in [5, 5.41) is 4.36. The second-order valence-electron chi connectivity index (χ2n) is 6.53. The van der Waals surface area contributed by atoms with Crippen molar-refractivity contribution in [3.8, 4) is 23.0 Å². The van der Waals surface area contributed by atoms with Crippen LogP contribution in [0.5, 0.6) is 11.5 Å². The number of rotatable bonds is 5. The number of hydrogen-bond donors (Lipinski definition) is 1. The molecule has 0 bridgehead atoms. The van der Waals surface area contributed by atoms with Crippen LogP contribution in [0.2, 0.25) is 4.34 Å². The number of hydrogen-bond acceptors (Lipinski definition) is 7. The van der Waals surface area contributed by atoms with E-state index in [-0.39, 0.29) is 0 Å². The van der Waals surface area contributed by atoms with Crippen LogP contribution in [0.25, 0.3) is 21.7 Å². The van der Waals surface area contributed by atoms with Crippen molar-refractivity contribution in [1.29, 1.82) is 0 Å². The van der Waals surface area contributed by atoms with Gasteiger partial charge in [-0.1, -0.05) is 23.7 Å². The molecule has 0 fully saturated rings. The van der Waals surface area contributed by atoms with Gasteiger partial charge in [-0.25, -0.2) is 9.97 Å². The monoisotopic (exact) mass is 424 g/mol. The van der Waals surface area contributed by atoms with E-state index in [9.17, 15) is 0 Å². The molecule has 4 aromatic rings. The van der Waals surface area contributed by atoms with Crippen LogP contribution in [0, 0.1) is 0 Å². The lowest BCUT2D eigenvalue weighted by molar-refractivity contribution is 0.171. The molecule has 8 heteroatoms. The van der Waals surface area contributed by atoms with Crippen LogP contribution in [0.15, 0.2) is 48.7 Å². The molecule has 29 heavy (non-hydrogen) atoms. The fourth-order valence-electron chi connectivity index (χ4n) is 3.20. The first-order valence-electron chi connectivity index (χ1n) is 9.27. The number of thiophene rings is 1. The average molecular weight is 425 g/mol. The van der Waals surface area contributed by atoms with Crippen LogP contribution >= 0.6 is 22.9 Å². The smallest absolute Gasteiger partial charge is 0.181 e. The van der Waals surface area contributed by atoms with Crippen LogP contribution in [0.4, 0.5) is 5.82 Å². The number of ether oxygens (including phenoxy) is 2. The van der Waals surface area contributed by atoms with E-state index >= 15 is 0 Å². The molecule has 0 atom stereocenters. The molecule has 1 N–H and O–H groups in total. The number of aromatic nitrogens is 3. The van der Waals surface area contributed by atoms with Gasteiger partial charge in [0.25, 0.3) is 0 Å². The van der Waals surface area contributed by atoms with Crippen molar-refractivity contribution in [3.05, 3.63) is 58.6 Å². The average Bonchev–Trinajstić information content (AvgIpc) is 3.14. The van der Waals surface area contributed by atoms with Crippen molar-refractivity contribution in [1.82, 2.24) is 15.0 Å². The maximum absolute atomic E-state index is 6.23. The molecule has 5 rings (SSSR count). The largest absolute Gasteiger partial charge is 0.486 e. The number of fused-ring (bicyclic) bond motifs is 2. The fraction of sp³-hybridized carbons (Fsp3) is 0.190. The lowest BCUT2D eigenvalue weighted by Gasteiger charge is -2.19. The molecule has 0 unspecified atom stereocenters. The van der Waals surface area contributed by atoms with Crippen LogP contribution in [0.1, 0.15) is 5.56 Å². The topological polar surface area (TPSA) is 69.2 Å². The summed E-state index contributed by atoms with van der Waals surface area (Å²) in [7, 11) is 0. The number of benzene rings is 1. The molecule has 0 aliphatic carbocycles. The molecule has 6 nitrogen and oxygen atoms in total. The van der Waals surface area contributed by atoms with Crippen molar-refractivity contribution in [3.63, 3.8) is 0 Å². The van der Waals surface area contributed by atoms with Gasteiger partial charge < -0.3 is 14.8 Å². The van der Waals surface area contributed by atoms with Gasteiger partial charge in [0.2, 0.25) is 0 Å². The molecule has 1 aliphatic heterocycles.